The molecule has 2 N–H and O–H groups in total. The molecule has 0 aliphatic heterocycles. The van der Waals surface area contributed by atoms with Gasteiger partial charge in [-0.05, 0) is 44.0 Å². The highest BCUT2D eigenvalue weighted by molar-refractivity contribution is 5.80. The summed E-state index contributed by atoms with van der Waals surface area (Å²) in [6.45, 7) is 4.84. The van der Waals surface area contributed by atoms with E-state index in [1.807, 2.05) is 31.2 Å². The maximum Gasteiger partial charge on any atom is 0.329 e. The lowest BCUT2D eigenvalue weighted by Crippen LogP contribution is -2.54. The molecule has 1 aromatic rings. The van der Waals surface area contributed by atoms with E-state index in [1.54, 1.807) is 6.92 Å². The summed E-state index contributed by atoms with van der Waals surface area (Å²) in [7, 11) is 1.37. The summed E-state index contributed by atoms with van der Waals surface area (Å²) in [6, 6.07) is 7.48. The number of aliphatic hydroxyl groups excluding tert-OH is 1. The van der Waals surface area contributed by atoms with Crippen molar-refractivity contribution in [1.82, 2.24) is 5.32 Å². The van der Waals surface area contributed by atoms with Gasteiger partial charge in [0.1, 0.15) is 17.9 Å². The molecule has 0 aliphatic carbocycles. The molecule has 0 saturated heterocycles. The van der Waals surface area contributed by atoms with E-state index in [0.29, 0.717) is 18.7 Å². The Morgan fingerprint density at radius 2 is 2.00 bits per heavy atom. The number of aliphatic hydroxyl groups is 1. The Hall–Kier alpha value is -1.59. The average molecular weight is 295 g/mol. The van der Waals surface area contributed by atoms with Gasteiger partial charge in [-0.1, -0.05) is 19.1 Å². The van der Waals surface area contributed by atoms with Gasteiger partial charge in [0.05, 0.1) is 7.11 Å². The second-order valence-corrected chi connectivity index (χ2v) is 5.16. The summed E-state index contributed by atoms with van der Waals surface area (Å²) in [4.78, 5) is 11.9. The van der Waals surface area contributed by atoms with Gasteiger partial charge < -0.3 is 14.6 Å². The van der Waals surface area contributed by atoms with Crippen molar-refractivity contribution in [3.8, 4) is 5.75 Å². The molecule has 0 bridgehead atoms. The molecule has 5 nitrogen and oxygen atoms in total. The van der Waals surface area contributed by atoms with E-state index in [2.05, 4.69) is 5.32 Å². The number of esters is 1. The van der Waals surface area contributed by atoms with Crippen LogP contribution in [0.25, 0.3) is 0 Å². The van der Waals surface area contributed by atoms with Gasteiger partial charge in [-0.2, -0.15) is 0 Å². The normalized spacial score (nSPS) is 13.5. The summed E-state index contributed by atoms with van der Waals surface area (Å²) in [5.74, 6) is 0.345. The molecule has 0 amide bonds. The molecule has 0 radical (unpaired) electrons. The summed E-state index contributed by atoms with van der Waals surface area (Å²) in [5.41, 5.74) is 0.179. The molecule has 1 rings (SSSR count). The average Bonchev–Trinajstić information content (AvgIpc) is 2.51. The van der Waals surface area contributed by atoms with Crippen LogP contribution in [0.15, 0.2) is 24.3 Å². The summed E-state index contributed by atoms with van der Waals surface area (Å²) in [6.07, 6.45) is 1.54. The highest BCUT2D eigenvalue weighted by atomic mass is 16.5. The van der Waals surface area contributed by atoms with Gasteiger partial charge in [0.15, 0.2) is 0 Å². The smallest absolute Gasteiger partial charge is 0.329 e. The minimum Gasteiger partial charge on any atom is -0.491 e. The fourth-order valence-corrected chi connectivity index (χ4v) is 1.92. The van der Waals surface area contributed by atoms with E-state index >= 15 is 0 Å². The lowest BCUT2D eigenvalue weighted by molar-refractivity contribution is -0.149. The third-order valence-corrected chi connectivity index (χ3v) is 3.25. The lowest BCUT2D eigenvalue weighted by Gasteiger charge is -2.27. The summed E-state index contributed by atoms with van der Waals surface area (Å²) in [5, 5.41) is 12.0. The first-order valence-corrected chi connectivity index (χ1v) is 7.21. The minimum absolute atomic E-state index is 0.127. The van der Waals surface area contributed by atoms with Crippen LogP contribution in [0.1, 0.15) is 25.8 Å². The quantitative estimate of drug-likeness (QED) is 0.676. The molecule has 0 spiro atoms. The van der Waals surface area contributed by atoms with Gasteiger partial charge in [0.2, 0.25) is 0 Å². The van der Waals surface area contributed by atoms with Crippen LogP contribution in [0.2, 0.25) is 0 Å². The standard InChI is InChI=1S/C16H25NO4/c1-4-10-17-16(2,15(19)20-3)12-21-14-7-5-13(6-8-14)9-11-18/h5-8,17-18H,4,9-12H2,1-3H3. The van der Waals surface area contributed by atoms with Crippen molar-refractivity contribution in [3.05, 3.63) is 29.8 Å². The van der Waals surface area contributed by atoms with E-state index < -0.39 is 5.54 Å². The lowest BCUT2D eigenvalue weighted by atomic mass is 10.0. The number of hydrogen-bond acceptors (Lipinski definition) is 5. The summed E-state index contributed by atoms with van der Waals surface area (Å²) >= 11 is 0. The van der Waals surface area contributed by atoms with Crippen molar-refractivity contribution in [3.63, 3.8) is 0 Å². The number of ether oxygens (including phenoxy) is 2. The van der Waals surface area contributed by atoms with Crippen molar-refractivity contribution < 1.29 is 19.4 Å². The van der Waals surface area contributed by atoms with Gasteiger partial charge in [-0.3, -0.25) is 5.32 Å². The molecule has 0 saturated carbocycles. The zero-order valence-electron chi connectivity index (χ0n) is 13.0. The maximum absolute atomic E-state index is 11.9. The molecule has 0 heterocycles. The second-order valence-electron chi connectivity index (χ2n) is 5.16. The van der Waals surface area contributed by atoms with Crippen molar-refractivity contribution in [2.75, 3.05) is 26.9 Å². The fraction of sp³-hybridized carbons (Fsp3) is 0.562. The minimum atomic E-state index is -0.867. The van der Waals surface area contributed by atoms with Gasteiger partial charge in [0.25, 0.3) is 0 Å². The number of methoxy groups -OCH3 is 1. The van der Waals surface area contributed by atoms with E-state index in [-0.39, 0.29) is 19.2 Å². The molecular weight excluding hydrogens is 270 g/mol. The Balaban J connectivity index is 2.65. The molecule has 5 heteroatoms. The highest BCUT2D eigenvalue weighted by Gasteiger charge is 2.34. The zero-order chi connectivity index (χ0) is 15.7. The molecular formula is C16H25NO4. The predicted octanol–water partition coefficient (Wildman–Crippen LogP) is 1.53. The largest absolute Gasteiger partial charge is 0.491 e. The number of rotatable bonds is 9. The van der Waals surface area contributed by atoms with Crippen LogP contribution in [-0.4, -0.2) is 43.5 Å². The van der Waals surface area contributed by atoms with Crippen LogP contribution in [0.4, 0.5) is 0 Å². The highest BCUT2D eigenvalue weighted by Crippen LogP contribution is 2.16. The van der Waals surface area contributed by atoms with Gasteiger partial charge in [-0.25, -0.2) is 4.79 Å². The molecule has 1 unspecified atom stereocenters. The van der Waals surface area contributed by atoms with E-state index in [1.165, 1.54) is 7.11 Å². The molecule has 0 aromatic heterocycles. The molecule has 21 heavy (non-hydrogen) atoms. The number of hydrogen-bond donors (Lipinski definition) is 2. The monoisotopic (exact) mass is 295 g/mol. The Morgan fingerprint density at radius 3 is 2.52 bits per heavy atom. The van der Waals surface area contributed by atoms with Crippen LogP contribution in [0.5, 0.6) is 5.75 Å². The van der Waals surface area contributed by atoms with Crippen LogP contribution >= 0.6 is 0 Å². The third-order valence-electron chi connectivity index (χ3n) is 3.25. The van der Waals surface area contributed by atoms with Crippen LogP contribution in [0, 0.1) is 0 Å². The van der Waals surface area contributed by atoms with Gasteiger partial charge in [-0.15, -0.1) is 0 Å². The van der Waals surface area contributed by atoms with E-state index in [9.17, 15) is 4.79 Å². The Bertz CT molecular complexity index is 432. The predicted molar refractivity (Wildman–Crippen MR) is 81.4 cm³/mol. The number of nitrogens with one attached hydrogen (secondary N) is 1. The Kier molecular flexibility index (Phi) is 7.19. The number of carbonyl (C=O) groups excluding carboxylic acids is 1. The fourth-order valence-electron chi connectivity index (χ4n) is 1.92. The van der Waals surface area contributed by atoms with E-state index in [4.69, 9.17) is 14.6 Å². The molecule has 0 aliphatic rings. The molecule has 118 valence electrons. The first kappa shape index (κ1) is 17.5. The van der Waals surface area contributed by atoms with Crippen LogP contribution in [-0.2, 0) is 16.0 Å². The van der Waals surface area contributed by atoms with Crippen molar-refractivity contribution in [1.29, 1.82) is 0 Å². The number of benzene rings is 1. The van der Waals surface area contributed by atoms with E-state index in [0.717, 1.165) is 12.0 Å². The first-order chi connectivity index (χ1) is 10.1. The Morgan fingerprint density at radius 1 is 1.33 bits per heavy atom. The summed E-state index contributed by atoms with van der Waals surface area (Å²) < 4.78 is 10.5. The van der Waals surface area contributed by atoms with Crippen molar-refractivity contribution in [2.45, 2.75) is 32.2 Å². The molecule has 1 aromatic carbocycles. The van der Waals surface area contributed by atoms with Crippen LogP contribution in [0.3, 0.4) is 0 Å². The Labute approximate surface area is 126 Å². The maximum atomic E-state index is 11.9. The third kappa shape index (κ3) is 5.36. The number of carbonyl (C=O) groups is 1. The SMILES string of the molecule is CCCNC(C)(COc1ccc(CCO)cc1)C(=O)OC. The van der Waals surface area contributed by atoms with Gasteiger partial charge >= 0.3 is 5.97 Å². The van der Waals surface area contributed by atoms with Crippen molar-refractivity contribution >= 4 is 5.97 Å². The van der Waals surface area contributed by atoms with Crippen LogP contribution < -0.4 is 10.1 Å². The molecule has 1 atom stereocenters. The second kappa shape index (κ2) is 8.64. The van der Waals surface area contributed by atoms with Crippen molar-refractivity contribution in [2.24, 2.45) is 0 Å². The zero-order valence-corrected chi connectivity index (χ0v) is 13.0. The first-order valence-electron chi connectivity index (χ1n) is 7.21. The topological polar surface area (TPSA) is 67.8 Å². The van der Waals surface area contributed by atoms with Gasteiger partial charge in [0, 0.05) is 6.61 Å². The molecule has 0 fully saturated rings.